The van der Waals surface area contributed by atoms with Crippen molar-refractivity contribution in [1.82, 2.24) is 20.0 Å². The number of hydrogen-bond acceptors (Lipinski definition) is 6. The van der Waals surface area contributed by atoms with E-state index in [1.54, 1.807) is 22.9 Å². The molecule has 39 heavy (non-hydrogen) atoms. The number of nitrogens with zero attached hydrogens (tertiary/aromatic N) is 4. The van der Waals surface area contributed by atoms with Crippen LogP contribution in [0.3, 0.4) is 0 Å². The minimum atomic E-state index is -3.79. The van der Waals surface area contributed by atoms with Gasteiger partial charge in [0.05, 0.1) is 16.4 Å². The van der Waals surface area contributed by atoms with Crippen LogP contribution in [0.4, 0.5) is 0 Å². The second kappa shape index (κ2) is 9.98. The standard InChI is InChI=1S/C27H18BrCl3N4O2S2/c1-39(36,37)24-22(25-32-33-26(38-25)27(12-13-27)16-4-8-18(29)9-5-16)34-35(21-11-10-19(30)14-20(21)31)23(24)15-2-6-17(28)7-3-15/h2-11,14H,12-13H2,1H3. The summed E-state index contributed by atoms with van der Waals surface area (Å²) in [5.41, 5.74) is 2.57. The van der Waals surface area contributed by atoms with Gasteiger partial charge in [-0.05, 0) is 60.9 Å². The Labute approximate surface area is 252 Å². The lowest BCUT2D eigenvalue weighted by molar-refractivity contribution is 0.602. The largest absolute Gasteiger partial charge is 0.229 e. The molecule has 0 unspecified atom stereocenters. The summed E-state index contributed by atoms with van der Waals surface area (Å²) < 4.78 is 29.1. The molecule has 0 radical (unpaired) electrons. The van der Waals surface area contributed by atoms with E-state index in [1.807, 2.05) is 48.5 Å². The lowest BCUT2D eigenvalue weighted by Crippen LogP contribution is -2.07. The van der Waals surface area contributed by atoms with Crippen LogP contribution in [0.2, 0.25) is 15.1 Å². The molecule has 0 spiro atoms. The van der Waals surface area contributed by atoms with Crippen molar-refractivity contribution in [2.24, 2.45) is 0 Å². The summed E-state index contributed by atoms with van der Waals surface area (Å²) in [6.45, 7) is 0. The molecule has 1 aliphatic carbocycles. The SMILES string of the molecule is CS(=O)(=O)c1c(-c2nnc(C3(c4ccc(Cl)cc4)CC3)s2)nn(-c2ccc(Cl)cc2Cl)c1-c1ccc(Br)cc1. The zero-order valence-corrected chi connectivity index (χ0v) is 25.7. The third kappa shape index (κ3) is 4.94. The van der Waals surface area contributed by atoms with E-state index in [0.717, 1.165) is 27.9 Å². The number of benzene rings is 3. The van der Waals surface area contributed by atoms with Crippen LogP contribution < -0.4 is 0 Å². The third-order valence-electron chi connectivity index (χ3n) is 6.65. The molecule has 1 saturated carbocycles. The van der Waals surface area contributed by atoms with Gasteiger partial charge < -0.3 is 0 Å². The Balaban J connectivity index is 1.58. The van der Waals surface area contributed by atoms with Crippen LogP contribution in [0.25, 0.3) is 27.6 Å². The van der Waals surface area contributed by atoms with E-state index in [4.69, 9.17) is 39.9 Å². The first-order valence-corrected chi connectivity index (χ1v) is 16.4. The summed E-state index contributed by atoms with van der Waals surface area (Å²) in [6, 6.07) is 20.0. The first kappa shape index (κ1) is 26.9. The van der Waals surface area contributed by atoms with Gasteiger partial charge in [0.15, 0.2) is 14.8 Å². The summed E-state index contributed by atoms with van der Waals surface area (Å²) in [6.07, 6.45) is 3.00. The first-order chi connectivity index (χ1) is 18.6. The fraction of sp³-hybridized carbons (Fsp3) is 0.148. The lowest BCUT2D eigenvalue weighted by Gasteiger charge is -2.11. The highest BCUT2D eigenvalue weighted by molar-refractivity contribution is 9.10. The highest BCUT2D eigenvalue weighted by Crippen LogP contribution is 2.55. The Morgan fingerprint density at radius 3 is 2.21 bits per heavy atom. The van der Waals surface area contributed by atoms with Crippen molar-refractivity contribution in [3.63, 3.8) is 0 Å². The van der Waals surface area contributed by atoms with Gasteiger partial charge in [0, 0.05) is 31.8 Å². The Bertz CT molecular complexity index is 1830. The van der Waals surface area contributed by atoms with Crippen molar-refractivity contribution in [2.45, 2.75) is 23.2 Å². The molecule has 0 saturated heterocycles. The van der Waals surface area contributed by atoms with Gasteiger partial charge in [-0.1, -0.05) is 86.3 Å². The Morgan fingerprint density at radius 2 is 1.59 bits per heavy atom. The van der Waals surface area contributed by atoms with Crippen molar-refractivity contribution in [3.8, 4) is 27.6 Å². The second-order valence-electron chi connectivity index (χ2n) is 9.31. The summed E-state index contributed by atoms with van der Waals surface area (Å²) in [4.78, 5) is 0.0508. The molecule has 3 aromatic carbocycles. The molecular weight excluding hydrogens is 663 g/mol. The van der Waals surface area contributed by atoms with Crippen molar-refractivity contribution in [2.75, 3.05) is 6.26 Å². The third-order valence-corrected chi connectivity index (χ3v) is 10.2. The predicted molar refractivity (Wildman–Crippen MR) is 160 cm³/mol. The summed E-state index contributed by atoms with van der Waals surface area (Å²) in [7, 11) is -3.79. The van der Waals surface area contributed by atoms with Gasteiger partial charge in [0.25, 0.3) is 0 Å². The highest BCUT2D eigenvalue weighted by atomic mass is 79.9. The Kier molecular flexibility index (Phi) is 6.89. The number of sulfone groups is 1. The normalized spacial score (nSPS) is 14.5. The van der Waals surface area contributed by atoms with E-state index in [-0.39, 0.29) is 16.0 Å². The molecule has 0 amide bonds. The van der Waals surface area contributed by atoms with Crippen molar-refractivity contribution < 1.29 is 8.42 Å². The average molecular weight is 681 g/mol. The van der Waals surface area contributed by atoms with E-state index < -0.39 is 9.84 Å². The summed E-state index contributed by atoms with van der Waals surface area (Å²) in [5, 5.41) is 16.4. The maximum absolute atomic E-state index is 13.4. The van der Waals surface area contributed by atoms with Gasteiger partial charge >= 0.3 is 0 Å². The molecule has 0 bridgehead atoms. The molecular formula is C27H18BrCl3N4O2S2. The quantitative estimate of drug-likeness (QED) is 0.181. The number of rotatable bonds is 6. The molecule has 12 heteroatoms. The van der Waals surface area contributed by atoms with E-state index in [0.29, 0.717) is 37.0 Å². The van der Waals surface area contributed by atoms with Gasteiger partial charge in [-0.25, -0.2) is 13.1 Å². The Morgan fingerprint density at radius 1 is 0.923 bits per heavy atom. The second-order valence-corrected chi connectivity index (χ2v) is 14.4. The van der Waals surface area contributed by atoms with Crippen LogP contribution in [0.15, 0.2) is 76.1 Å². The molecule has 0 N–H and O–H groups in total. The molecule has 0 aliphatic heterocycles. The average Bonchev–Trinajstić information content (AvgIpc) is 3.35. The zero-order valence-electron chi connectivity index (χ0n) is 20.2. The van der Waals surface area contributed by atoms with Crippen LogP contribution in [0.1, 0.15) is 23.4 Å². The molecule has 5 aromatic rings. The molecule has 6 rings (SSSR count). The number of aromatic nitrogens is 4. The fourth-order valence-corrected chi connectivity index (χ4v) is 7.71. The smallest absolute Gasteiger partial charge is 0.180 e. The van der Waals surface area contributed by atoms with Crippen LogP contribution in [-0.4, -0.2) is 34.7 Å². The fourth-order valence-electron chi connectivity index (χ4n) is 4.62. The minimum absolute atomic E-state index is 0.0508. The molecule has 2 heterocycles. The van der Waals surface area contributed by atoms with Crippen LogP contribution >= 0.6 is 62.1 Å². The maximum Gasteiger partial charge on any atom is 0.180 e. The van der Waals surface area contributed by atoms with Gasteiger partial charge in [0.1, 0.15) is 15.6 Å². The van der Waals surface area contributed by atoms with Crippen molar-refractivity contribution in [3.05, 3.63) is 96.8 Å². The van der Waals surface area contributed by atoms with Crippen LogP contribution in [0.5, 0.6) is 0 Å². The number of hydrogen-bond donors (Lipinski definition) is 0. The van der Waals surface area contributed by atoms with E-state index in [9.17, 15) is 8.42 Å². The zero-order chi connectivity index (χ0) is 27.5. The molecule has 6 nitrogen and oxygen atoms in total. The van der Waals surface area contributed by atoms with Crippen LogP contribution in [0, 0.1) is 0 Å². The van der Waals surface area contributed by atoms with Crippen molar-refractivity contribution in [1.29, 1.82) is 0 Å². The maximum atomic E-state index is 13.4. The topological polar surface area (TPSA) is 77.7 Å². The van der Waals surface area contributed by atoms with Gasteiger partial charge in [-0.15, -0.1) is 10.2 Å². The summed E-state index contributed by atoms with van der Waals surface area (Å²) in [5.74, 6) is 0. The minimum Gasteiger partial charge on any atom is -0.229 e. The molecule has 198 valence electrons. The lowest BCUT2D eigenvalue weighted by atomic mass is 9.97. The molecule has 2 aromatic heterocycles. The molecule has 0 atom stereocenters. The van der Waals surface area contributed by atoms with E-state index in [1.165, 1.54) is 17.6 Å². The van der Waals surface area contributed by atoms with Crippen molar-refractivity contribution >= 4 is 71.9 Å². The molecule has 1 aliphatic rings. The molecule has 1 fully saturated rings. The van der Waals surface area contributed by atoms with Crippen LogP contribution in [-0.2, 0) is 15.3 Å². The van der Waals surface area contributed by atoms with Gasteiger partial charge in [-0.2, -0.15) is 5.10 Å². The van der Waals surface area contributed by atoms with E-state index in [2.05, 4.69) is 26.1 Å². The first-order valence-electron chi connectivity index (χ1n) is 11.7. The Hall–Kier alpha value is -2.27. The monoisotopic (exact) mass is 678 g/mol. The van der Waals surface area contributed by atoms with Gasteiger partial charge in [0.2, 0.25) is 0 Å². The van der Waals surface area contributed by atoms with E-state index >= 15 is 0 Å². The number of halogens is 4. The highest BCUT2D eigenvalue weighted by Gasteiger charge is 2.49. The van der Waals surface area contributed by atoms with Gasteiger partial charge in [-0.3, -0.25) is 0 Å². The predicted octanol–water partition coefficient (Wildman–Crippen LogP) is 8.26. The summed E-state index contributed by atoms with van der Waals surface area (Å²) >= 11 is 23.6.